The van der Waals surface area contributed by atoms with E-state index in [1.54, 1.807) is 28.8 Å². The molecule has 2 aromatic rings. The molecule has 0 spiro atoms. The average Bonchev–Trinajstić information content (AvgIpc) is 2.62. The SMILES string of the molecule is CNc1cc(C2CCCN(S(=O)(=O)c3cccnc3)C2)ccn1. The third kappa shape index (κ3) is 3.35. The third-order valence-electron chi connectivity index (χ3n) is 4.17. The Bertz CT molecular complexity index is 765. The molecule has 7 heteroatoms. The molecule has 6 nitrogen and oxygen atoms in total. The molecule has 0 radical (unpaired) electrons. The van der Waals surface area contributed by atoms with E-state index in [0.29, 0.717) is 13.1 Å². The number of piperidine rings is 1. The fraction of sp³-hybridized carbons (Fsp3) is 0.375. The van der Waals surface area contributed by atoms with Crippen molar-refractivity contribution in [3.8, 4) is 0 Å². The van der Waals surface area contributed by atoms with Gasteiger partial charge in [-0.1, -0.05) is 0 Å². The van der Waals surface area contributed by atoms with Gasteiger partial charge in [0.2, 0.25) is 10.0 Å². The molecule has 3 heterocycles. The van der Waals surface area contributed by atoms with Gasteiger partial charge in [0, 0.05) is 38.7 Å². The number of aromatic nitrogens is 2. The molecule has 0 amide bonds. The lowest BCUT2D eigenvalue weighted by Gasteiger charge is -2.32. The third-order valence-corrected chi connectivity index (χ3v) is 6.02. The molecule has 1 atom stereocenters. The monoisotopic (exact) mass is 332 g/mol. The summed E-state index contributed by atoms with van der Waals surface area (Å²) in [6.07, 6.45) is 6.57. The van der Waals surface area contributed by atoms with E-state index in [-0.39, 0.29) is 10.8 Å². The van der Waals surface area contributed by atoms with Crippen LogP contribution in [-0.2, 0) is 10.0 Å². The Hall–Kier alpha value is -1.99. The zero-order chi connectivity index (χ0) is 16.3. The molecule has 1 N–H and O–H groups in total. The second-order valence-electron chi connectivity index (χ2n) is 5.62. The first-order valence-corrected chi connectivity index (χ1v) is 9.09. The van der Waals surface area contributed by atoms with Gasteiger partial charge in [0.05, 0.1) is 0 Å². The van der Waals surface area contributed by atoms with Crippen molar-refractivity contribution in [3.63, 3.8) is 0 Å². The highest BCUT2D eigenvalue weighted by atomic mass is 32.2. The van der Waals surface area contributed by atoms with Crippen LogP contribution in [0.1, 0.15) is 24.3 Å². The molecule has 1 fully saturated rings. The summed E-state index contributed by atoms with van der Waals surface area (Å²) in [6.45, 7) is 1.04. The largest absolute Gasteiger partial charge is 0.373 e. The number of hydrogen-bond donors (Lipinski definition) is 1. The molecule has 1 unspecified atom stereocenters. The fourth-order valence-corrected chi connectivity index (χ4v) is 4.41. The van der Waals surface area contributed by atoms with Crippen molar-refractivity contribution in [1.29, 1.82) is 0 Å². The zero-order valence-electron chi connectivity index (χ0n) is 13.0. The normalized spacial score (nSPS) is 19.4. The summed E-state index contributed by atoms with van der Waals surface area (Å²) < 4.78 is 27.1. The predicted molar refractivity (Wildman–Crippen MR) is 88.8 cm³/mol. The van der Waals surface area contributed by atoms with Gasteiger partial charge in [0.1, 0.15) is 10.7 Å². The first-order valence-electron chi connectivity index (χ1n) is 7.65. The van der Waals surface area contributed by atoms with Crippen LogP contribution in [0, 0.1) is 0 Å². The molecule has 0 aromatic carbocycles. The molecule has 23 heavy (non-hydrogen) atoms. The molecule has 3 rings (SSSR count). The molecule has 2 aromatic heterocycles. The maximum absolute atomic E-state index is 12.7. The smallest absolute Gasteiger partial charge is 0.244 e. The number of anilines is 1. The number of sulfonamides is 1. The number of hydrogen-bond acceptors (Lipinski definition) is 5. The van der Waals surface area contributed by atoms with Gasteiger partial charge in [-0.3, -0.25) is 4.98 Å². The van der Waals surface area contributed by atoms with Crippen molar-refractivity contribution >= 4 is 15.8 Å². The molecule has 1 saturated heterocycles. The molecule has 0 bridgehead atoms. The molecule has 122 valence electrons. The van der Waals surface area contributed by atoms with Gasteiger partial charge in [0.15, 0.2) is 0 Å². The lowest BCUT2D eigenvalue weighted by molar-refractivity contribution is 0.315. The van der Waals surface area contributed by atoms with Crippen LogP contribution in [0.25, 0.3) is 0 Å². The van der Waals surface area contributed by atoms with Crippen LogP contribution in [0.4, 0.5) is 5.82 Å². The van der Waals surface area contributed by atoms with Crippen LogP contribution in [0.15, 0.2) is 47.8 Å². The summed E-state index contributed by atoms with van der Waals surface area (Å²) in [6, 6.07) is 7.20. The molecule has 0 saturated carbocycles. The van der Waals surface area contributed by atoms with Crippen LogP contribution in [0.2, 0.25) is 0 Å². The fourth-order valence-electron chi connectivity index (χ4n) is 2.92. The Kier molecular flexibility index (Phi) is 4.58. The Morgan fingerprint density at radius 1 is 1.30 bits per heavy atom. The standard InChI is InChI=1S/C16H20N4O2S/c1-17-16-10-13(6-8-19-16)14-4-3-9-20(12-14)23(21,22)15-5-2-7-18-11-15/h2,5-8,10-11,14H,3-4,9,12H2,1H3,(H,17,19). The quantitative estimate of drug-likeness (QED) is 0.928. The summed E-state index contributed by atoms with van der Waals surface area (Å²) in [4.78, 5) is 8.40. The van der Waals surface area contributed by atoms with Crippen molar-refractivity contribution in [2.24, 2.45) is 0 Å². The molecule has 0 aliphatic carbocycles. The topological polar surface area (TPSA) is 75.2 Å². The van der Waals surface area contributed by atoms with Crippen LogP contribution < -0.4 is 5.32 Å². The molecular formula is C16H20N4O2S. The van der Waals surface area contributed by atoms with Crippen molar-refractivity contribution in [2.45, 2.75) is 23.7 Å². The minimum Gasteiger partial charge on any atom is -0.373 e. The van der Waals surface area contributed by atoms with Crippen LogP contribution in [0.5, 0.6) is 0 Å². The van der Waals surface area contributed by atoms with E-state index < -0.39 is 10.0 Å². The van der Waals surface area contributed by atoms with Crippen LogP contribution in [0.3, 0.4) is 0 Å². The van der Waals surface area contributed by atoms with E-state index in [1.807, 2.05) is 19.2 Å². The van der Waals surface area contributed by atoms with Gasteiger partial charge in [-0.2, -0.15) is 4.31 Å². The lowest BCUT2D eigenvalue weighted by atomic mass is 9.92. The molecule has 1 aliphatic heterocycles. The summed E-state index contributed by atoms with van der Waals surface area (Å²) in [5.41, 5.74) is 1.12. The van der Waals surface area contributed by atoms with E-state index >= 15 is 0 Å². The van der Waals surface area contributed by atoms with E-state index in [0.717, 1.165) is 24.2 Å². The van der Waals surface area contributed by atoms with Crippen LogP contribution in [-0.4, -0.2) is 42.8 Å². The van der Waals surface area contributed by atoms with Gasteiger partial charge in [-0.15, -0.1) is 0 Å². The maximum atomic E-state index is 12.7. The Balaban J connectivity index is 1.83. The summed E-state index contributed by atoms with van der Waals surface area (Å²) in [7, 11) is -1.65. The highest BCUT2D eigenvalue weighted by Gasteiger charge is 2.31. The van der Waals surface area contributed by atoms with Crippen molar-refractivity contribution in [1.82, 2.24) is 14.3 Å². The van der Waals surface area contributed by atoms with Crippen LogP contribution >= 0.6 is 0 Å². The van der Waals surface area contributed by atoms with Gasteiger partial charge in [-0.25, -0.2) is 13.4 Å². The lowest BCUT2D eigenvalue weighted by Crippen LogP contribution is -2.39. The Morgan fingerprint density at radius 2 is 2.17 bits per heavy atom. The predicted octanol–water partition coefficient (Wildman–Crippen LogP) is 2.09. The van der Waals surface area contributed by atoms with Gasteiger partial charge >= 0.3 is 0 Å². The Labute approximate surface area is 136 Å². The van der Waals surface area contributed by atoms with Crippen molar-refractivity contribution in [2.75, 3.05) is 25.5 Å². The average molecular weight is 332 g/mol. The minimum atomic E-state index is -3.48. The minimum absolute atomic E-state index is 0.185. The number of nitrogens with one attached hydrogen (secondary N) is 1. The van der Waals surface area contributed by atoms with Gasteiger partial charge < -0.3 is 5.32 Å². The maximum Gasteiger partial charge on any atom is 0.244 e. The molecular weight excluding hydrogens is 312 g/mol. The molecule has 1 aliphatic rings. The zero-order valence-corrected chi connectivity index (χ0v) is 13.8. The highest BCUT2D eigenvalue weighted by Crippen LogP contribution is 2.30. The number of nitrogens with zero attached hydrogens (tertiary/aromatic N) is 3. The van der Waals surface area contributed by atoms with E-state index in [4.69, 9.17) is 0 Å². The van der Waals surface area contributed by atoms with E-state index in [1.165, 1.54) is 6.20 Å². The summed E-state index contributed by atoms with van der Waals surface area (Å²) >= 11 is 0. The van der Waals surface area contributed by atoms with Crippen molar-refractivity contribution in [3.05, 3.63) is 48.4 Å². The Morgan fingerprint density at radius 3 is 2.91 bits per heavy atom. The number of pyridine rings is 2. The number of rotatable bonds is 4. The summed E-state index contributed by atoms with van der Waals surface area (Å²) in [5.74, 6) is 0.986. The second kappa shape index (κ2) is 6.64. The first-order chi connectivity index (χ1) is 11.1. The second-order valence-corrected chi connectivity index (χ2v) is 7.55. The first kappa shape index (κ1) is 15.9. The summed E-state index contributed by atoms with van der Waals surface area (Å²) in [5, 5.41) is 3.02. The van der Waals surface area contributed by atoms with E-state index in [9.17, 15) is 8.42 Å². The van der Waals surface area contributed by atoms with Gasteiger partial charge in [0.25, 0.3) is 0 Å². The van der Waals surface area contributed by atoms with E-state index in [2.05, 4.69) is 15.3 Å². The van der Waals surface area contributed by atoms with Gasteiger partial charge in [-0.05, 0) is 48.6 Å². The van der Waals surface area contributed by atoms with Crippen molar-refractivity contribution < 1.29 is 8.42 Å². The highest BCUT2D eigenvalue weighted by molar-refractivity contribution is 7.89.